The highest BCUT2D eigenvalue weighted by Crippen LogP contribution is 2.18. The normalized spacial score (nSPS) is 11.8. The molecule has 0 N–H and O–H groups in total. The van der Waals surface area contributed by atoms with Crippen LogP contribution < -0.4 is 0 Å². The molecule has 12 heavy (non-hydrogen) atoms. The van der Waals surface area contributed by atoms with Gasteiger partial charge >= 0.3 is 6.18 Å². The van der Waals surface area contributed by atoms with Gasteiger partial charge < -0.3 is 0 Å². The van der Waals surface area contributed by atoms with E-state index in [-0.39, 0.29) is 0 Å². The first-order chi connectivity index (χ1) is 5.25. The Kier molecular flexibility index (Phi) is 3.42. The molecule has 0 aliphatic rings. The highest BCUT2D eigenvalue weighted by molar-refractivity contribution is 6.02. The average Bonchev–Trinajstić information content (AvgIpc) is 1.85. The van der Waals surface area contributed by atoms with Gasteiger partial charge in [-0.05, 0) is 0 Å². The Hall–Kier alpha value is -0.870. The summed E-state index contributed by atoms with van der Waals surface area (Å²) in [5.74, 6) is -3.19. The number of ketones is 2. The smallest absolute Gasteiger partial charge is 0.299 e. The van der Waals surface area contributed by atoms with E-state index in [2.05, 4.69) is 0 Å². The fourth-order valence-electron chi connectivity index (χ4n) is 0.463. The van der Waals surface area contributed by atoms with Crippen LogP contribution in [0.15, 0.2) is 0 Å². The number of Topliss-reactive ketones (excluding diaryl/α,β-unsaturated/α-hetero) is 2. The van der Waals surface area contributed by atoms with Crippen LogP contribution >= 0.6 is 0 Å². The van der Waals surface area contributed by atoms with Gasteiger partial charge in [0.15, 0.2) is 0 Å². The van der Waals surface area contributed by atoms with Crippen LogP contribution in [0.4, 0.5) is 13.2 Å². The third kappa shape index (κ3) is 3.50. The third-order valence-corrected chi connectivity index (χ3v) is 1.29. The van der Waals surface area contributed by atoms with E-state index in [1.54, 1.807) is 0 Å². The zero-order valence-electron chi connectivity index (χ0n) is 6.73. The summed E-state index contributed by atoms with van der Waals surface area (Å²) in [6.45, 7) is 2.90. The summed E-state index contributed by atoms with van der Waals surface area (Å²) >= 11 is 0. The van der Waals surface area contributed by atoms with Crippen LogP contribution in [-0.2, 0) is 9.59 Å². The van der Waals surface area contributed by atoms with Crippen molar-refractivity contribution in [3.8, 4) is 0 Å². The summed E-state index contributed by atoms with van der Waals surface area (Å²) in [6, 6.07) is 0. The van der Waals surface area contributed by atoms with Crippen molar-refractivity contribution in [1.29, 1.82) is 0 Å². The number of hydrogen-bond acceptors (Lipinski definition) is 2. The highest BCUT2D eigenvalue weighted by Gasteiger charge is 2.39. The number of carbonyl (C=O) groups is 2. The van der Waals surface area contributed by atoms with Crippen molar-refractivity contribution in [3.63, 3.8) is 0 Å². The van der Waals surface area contributed by atoms with Gasteiger partial charge in [-0.1, -0.05) is 13.8 Å². The first-order valence-corrected chi connectivity index (χ1v) is 3.38. The minimum atomic E-state index is -4.88. The number of halogens is 3. The van der Waals surface area contributed by atoms with Crippen molar-refractivity contribution in [2.45, 2.75) is 26.4 Å². The van der Waals surface area contributed by atoms with Gasteiger partial charge in [-0.25, -0.2) is 0 Å². The van der Waals surface area contributed by atoms with Gasteiger partial charge in [-0.3, -0.25) is 9.59 Å². The maximum Gasteiger partial charge on any atom is 0.450 e. The molecule has 0 bridgehead atoms. The maximum absolute atomic E-state index is 11.6. The summed E-state index contributed by atoms with van der Waals surface area (Å²) < 4.78 is 34.7. The second-order valence-electron chi connectivity index (χ2n) is 2.72. The maximum atomic E-state index is 11.6. The first-order valence-electron chi connectivity index (χ1n) is 3.38. The van der Waals surface area contributed by atoms with Crippen LogP contribution in [0.25, 0.3) is 0 Å². The molecule has 0 heterocycles. The van der Waals surface area contributed by atoms with E-state index < -0.39 is 30.1 Å². The fraction of sp³-hybridized carbons (Fsp3) is 0.714. The average molecular weight is 182 g/mol. The van der Waals surface area contributed by atoms with E-state index in [4.69, 9.17) is 0 Å². The lowest BCUT2D eigenvalue weighted by molar-refractivity contribution is -0.172. The molecule has 0 rings (SSSR count). The van der Waals surface area contributed by atoms with E-state index in [0.29, 0.717) is 0 Å². The highest BCUT2D eigenvalue weighted by atomic mass is 19.4. The summed E-state index contributed by atoms with van der Waals surface area (Å²) in [4.78, 5) is 20.9. The topological polar surface area (TPSA) is 34.1 Å². The fourth-order valence-corrected chi connectivity index (χ4v) is 0.463. The molecule has 0 atom stereocenters. The number of rotatable bonds is 3. The molecule has 0 unspecified atom stereocenters. The molecule has 0 spiro atoms. The van der Waals surface area contributed by atoms with E-state index in [1.165, 1.54) is 13.8 Å². The van der Waals surface area contributed by atoms with Gasteiger partial charge in [0, 0.05) is 5.92 Å². The van der Waals surface area contributed by atoms with Crippen LogP contribution in [0, 0.1) is 5.92 Å². The lowest BCUT2D eigenvalue weighted by Crippen LogP contribution is -2.26. The molecule has 2 nitrogen and oxygen atoms in total. The number of hydrogen-bond donors (Lipinski definition) is 0. The molecule has 0 aromatic rings. The predicted molar refractivity (Wildman–Crippen MR) is 35.5 cm³/mol. The Morgan fingerprint density at radius 3 is 1.92 bits per heavy atom. The van der Waals surface area contributed by atoms with Gasteiger partial charge in [0.1, 0.15) is 5.78 Å². The molecule has 0 aliphatic heterocycles. The Bertz CT molecular complexity index is 193. The molecule has 0 amide bonds. The molecule has 0 aliphatic carbocycles. The van der Waals surface area contributed by atoms with Crippen molar-refractivity contribution in [1.82, 2.24) is 0 Å². The first kappa shape index (κ1) is 11.1. The largest absolute Gasteiger partial charge is 0.450 e. The molecule has 0 aromatic carbocycles. The van der Waals surface area contributed by atoms with Crippen LogP contribution in [-0.4, -0.2) is 17.7 Å². The van der Waals surface area contributed by atoms with Crippen molar-refractivity contribution < 1.29 is 22.8 Å². The zero-order chi connectivity index (χ0) is 9.94. The van der Waals surface area contributed by atoms with Gasteiger partial charge in [-0.15, -0.1) is 0 Å². The van der Waals surface area contributed by atoms with Crippen molar-refractivity contribution in [3.05, 3.63) is 0 Å². The quantitative estimate of drug-likeness (QED) is 0.623. The molecule has 0 saturated heterocycles. The Balaban J connectivity index is 4.12. The predicted octanol–water partition coefficient (Wildman–Crippen LogP) is 1.73. The minimum Gasteiger partial charge on any atom is -0.299 e. The van der Waals surface area contributed by atoms with Crippen LogP contribution in [0.5, 0.6) is 0 Å². The van der Waals surface area contributed by atoms with Crippen LogP contribution in [0.2, 0.25) is 0 Å². The zero-order valence-corrected chi connectivity index (χ0v) is 6.73. The monoisotopic (exact) mass is 182 g/mol. The molecule has 70 valence electrons. The van der Waals surface area contributed by atoms with Gasteiger partial charge in [0.25, 0.3) is 0 Å². The van der Waals surface area contributed by atoms with Crippen LogP contribution in [0.1, 0.15) is 20.3 Å². The van der Waals surface area contributed by atoms with Crippen molar-refractivity contribution in [2.24, 2.45) is 5.92 Å². The number of carbonyl (C=O) groups excluding carboxylic acids is 2. The van der Waals surface area contributed by atoms with E-state index in [0.717, 1.165) is 0 Å². The van der Waals surface area contributed by atoms with Crippen molar-refractivity contribution in [2.75, 3.05) is 0 Å². The Morgan fingerprint density at radius 1 is 1.25 bits per heavy atom. The molecule has 0 radical (unpaired) electrons. The Labute approximate surface area is 67.7 Å². The lowest BCUT2D eigenvalue weighted by Gasteiger charge is -2.05. The van der Waals surface area contributed by atoms with E-state index in [9.17, 15) is 22.8 Å². The summed E-state index contributed by atoms with van der Waals surface area (Å²) in [5, 5.41) is 0. The Morgan fingerprint density at radius 2 is 1.67 bits per heavy atom. The van der Waals surface area contributed by atoms with Crippen molar-refractivity contribution >= 4 is 11.6 Å². The van der Waals surface area contributed by atoms with E-state index >= 15 is 0 Å². The summed E-state index contributed by atoms with van der Waals surface area (Å²) in [6.07, 6.45) is -5.92. The standard InChI is InChI=1S/C7H9F3O2/c1-4(2)5(11)3-6(12)7(8,9)10/h4H,3H2,1-2H3. The molecule has 0 aromatic heterocycles. The second kappa shape index (κ2) is 3.69. The van der Waals surface area contributed by atoms with Gasteiger partial charge in [-0.2, -0.15) is 13.2 Å². The van der Waals surface area contributed by atoms with Gasteiger partial charge in [0.2, 0.25) is 5.78 Å². The second-order valence-corrected chi connectivity index (χ2v) is 2.72. The molecule has 0 fully saturated rings. The lowest BCUT2D eigenvalue weighted by atomic mass is 10.0. The summed E-state index contributed by atoms with van der Waals surface area (Å²) in [7, 11) is 0. The van der Waals surface area contributed by atoms with Crippen LogP contribution in [0.3, 0.4) is 0 Å². The molecule has 5 heteroatoms. The molecular formula is C7H9F3O2. The number of alkyl halides is 3. The third-order valence-electron chi connectivity index (χ3n) is 1.29. The SMILES string of the molecule is CC(C)C(=O)CC(=O)C(F)(F)F. The summed E-state index contributed by atoms with van der Waals surface area (Å²) in [5.41, 5.74) is 0. The molecular weight excluding hydrogens is 173 g/mol. The van der Waals surface area contributed by atoms with E-state index in [1.807, 2.05) is 0 Å². The van der Waals surface area contributed by atoms with Gasteiger partial charge in [0.05, 0.1) is 6.42 Å². The minimum absolute atomic E-state index is 0.531. The molecule has 0 saturated carbocycles.